The van der Waals surface area contributed by atoms with Crippen molar-refractivity contribution >= 4 is 35.1 Å². The molecule has 168 valence electrons. The van der Waals surface area contributed by atoms with E-state index < -0.39 is 11.6 Å². The summed E-state index contributed by atoms with van der Waals surface area (Å²) in [5, 5.41) is 9.65. The van der Waals surface area contributed by atoms with Gasteiger partial charge in [0.2, 0.25) is 0 Å². The molecule has 1 aromatic carbocycles. The molecule has 9 nitrogen and oxygen atoms in total. The minimum atomic E-state index is -0.923. The molecule has 0 bridgehead atoms. The normalized spacial score (nSPS) is 20.5. The van der Waals surface area contributed by atoms with E-state index in [-0.39, 0.29) is 12.5 Å². The van der Waals surface area contributed by atoms with Crippen molar-refractivity contribution in [2.45, 2.75) is 25.4 Å². The predicted octanol–water partition coefficient (Wildman–Crippen LogP) is 2.01. The average molecular weight is 444 g/mol. The summed E-state index contributed by atoms with van der Waals surface area (Å²) in [5.41, 5.74) is 10.5. The number of nitrogens with two attached hydrogens (primary N) is 1. The first-order valence-corrected chi connectivity index (χ1v) is 10.8. The molecule has 2 saturated heterocycles. The second-order valence-electron chi connectivity index (χ2n) is 8.43. The molecule has 4 heterocycles. The van der Waals surface area contributed by atoms with Gasteiger partial charge in [0.15, 0.2) is 5.65 Å². The smallest absolute Gasteiger partial charge is 0.322 e. The fraction of sp³-hybridized carbons (Fsp3) is 0.250. The standard InChI is InChI=1S/C24H25N7O2/c1-3-16(10-17-7-5-4-6-15(17)2)19-13-26-31-18(12-25)11-20(27-21(19)31)30-9-8-24(14-30)22(32)28-23(33)29-24/h3-7,10-11,13H,1,8-9,12,14,25H2,2H3,(H2,28,29,32,33)/b16-10+. The summed E-state index contributed by atoms with van der Waals surface area (Å²) in [6, 6.07) is 9.55. The van der Waals surface area contributed by atoms with E-state index in [1.54, 1.807) is 16.8 Å². The van der Waals surface area contributed by atoms with Crippen LogP contribution in [0.15, 0.2) is 49.2 Å². The number of fused-ring (bicyclic) bond motifs is 1. The number of aryl methyl sites for hydroxylation is 1. The third-order valence-electron chi connectivity index (χ3n) is 6.38. The first kappa shape index (κ1) is 20.9. The molecule has 5 rings (SSSR count). The lowest BCUT2D eigenvalue weighted by molar-refractivity contribution is -0.123. The summed E-state index contributed by atoms with van der Waals surface area (Å²) in [6.07, 6.45) is 6.14. The van der Waals surface area contributed by atoms with Gasteiger partial charge in [-0.15, -0.1) is 0 Å². The first-order valence-electron chi connectivity index (χ1n) is 10.8. The zero-order valence-electron chi connectivity index (χ0n) is 18.3. The number of aromatic nitrogens is 3. The molecule has 1 unspecified atom stereocenters. The van der Waals surface area contributed by atoms with Crippen molar-refractivity contribution in [3.05, 3.63) is 71.6 Å². The molecule has 2 aromatic heterocycles. The lowest BCUT2D eigenvalue weighted by Crippen LogP contribution is -2.49. The maximum absolute atomic E-state index is 12.4. The highest BCUT2D eigenvalue weighted by Crippen LogP contribution is 2.31. The third-order valence-corrected chi connectivity index (χ3v) is 6.38. The Morgan fingerprint density at radius 3 is 2.85 bits per heavy atom. The number of amides is 3. The number of carbonyl (C=O) groups is 2. The van der Waals surface area contributed by atoms with Gasteiger partial charge < -0.3 is 16.0 Å². The van der Waals surface area contributed by atoms with Crippen molar-refractivity contribution in [2.75, 3.05) is 18.0 Å². The number of hydrogen-bond donors (Lipinski definition) is 3. The molecule has 2 fully saturated rings. The first-order chi connectivity index (χ1) is 15.9. The topological polar surface area (TPSA) is 118 Å². The van der Waals surface area contributed by atoms with Gasteiger partial charge in [-0.3, -0.25) is 10.1 Å². The molecule has 0 radical (unpaired) electrons. The van der Waals surface area contributed by atoms with Crippen LogP contribution in [0.4, 0.5) is 10.6 Å². The summed E-state index contributed by atoms with van der Waals surface area (Å²) >= 11 is 0. The van der Waals surface area contributed by atoms with Crippen molar-refractivity contribution in [3.8, 4) is 0 Å². The minimum Gasteiger partial charge on any atom is -0.353 e. The summed E-state index contributed by atoms with van der Waals surface area (Å²) in [7, 11) is 0. The number of imide groups is 1. The fourth-order valence-corrected chi connectivity index (χ4v) is 4.51. The van der Waals surface area contributed by atoms with Gasteiger partial charge in [-0.1, -0.05) is 36.9 Å². The molecule has 2 aliphatic heterocycles. The Morgan fingerprint density at radius 2 is 2.15 bits per heavy atom. The number of nitrogens with one attached hydrogen (secondary N) is 2. The quantitative estimate of drug-likeness (QED) is 0.410. The Bertz CT molecular complexity index is 1330. The SMILES string of the molecule is C=C/C(=C\c1ccccc1C)c1cnn2c(CN)cc(N3CCC4(C3)NC(=O)NC4=O)nc12. The second kappa shape index (κ2) is 7.86. The van der Waals surface area contributed by atoms with Crippen molar-refractivity contribution < 1.29 is 9.59 Å². The highest BCUT2D eigenvalue weighted by molar-refractivity contribution is 6.07. The molecule has 4 N–H and O–H groups in total. The van der Waals surface area contributed by atoms with Crippen molar-refractivity contribution in [1.29, 1.82) is 0 Å². The molecular weight excluding hydrogens is 418 g/mol. The predicted molar refractivity (Wildman–Crippen MR) is 126 cm³/mol. The Balaban J connectivity index is 1.57. The number of allylic oxidation sites excluding steroid dienone is 2. The Morgan fingerprint density at radius 1 is 1.33 bits per heavy atom. The fourth-order valence-electron chi connectivity index (χ4n) is 4.51. The van der Waals surface area contributed by atoms with Gasteiger partial charge in [-0.25, -0.2) is 14.3 Å². The zero-order chi connectivity index (χ0) is 23.2. The highest BCUT2D eigenvalue weighted by atomic mass is 16.2. The molecule has 3 amide bonds. The zero-order valence-corrected chi connectivity index (χ0v) is 18.3. The lowest BCUT2D eigenvalue weighted by Gasteiger charge is -2.22. The Labute approximate surface area is 191 Å². The molecule has 33 heavy (non-hydrogen) atoms. The van der Waals surface area contributed by atoms with Crippen LogP contribution in [0, 0.1) is 6.92 Å². The number of carbonyl (C=O) groups excluding carboxylic acids is 2. The average Bonchev–Trinajstić information content (AvgIpc) is 3.50. The highest BCUT2D eigenvalue weighted by Gasteiger charge is 2.51. The van der Waals surface area contributed by atoms with Gasteiger partial charge in [-0.05, 0) is 36.1 Å². The van der Waals surface area contributed by atoms with Crippen LogP contribution in [-0.2, 0) is 11.3 Å². The van der Waals surface area contributed by atoms with Gasteiger partial charge in [0.05, 0.1) is 18.4 Å². The van der Waals surface area contributed by atoms with Gasteiger partial charge >= 0.3 is 6.03 Å². The number of hydrogen-bond acceptors (Lipinski definition) is 6. The molecule has 1 atom stereocenters. The van der Waals surface area contributed by atoms with Gasteiger partial charge in [0.1, 0.15) is 11.4 Å². The number of benzene rings is 1. The van der Waals surface area contributed by atoms with Crippen molar-refractivity contribution in [3.63, 3.8) is 0 Å². The van der Waals surface area contributed by atoms with Crippen LogP contribution < -0.4 is 21.3 Å². The van der Waals surface area contributed by atoms with Crippen LogP contribution in [0.5, 0.6) is 0 Å². The van der Waals surface area contributed by atoms with Gasteiger partial charge in [0.25, 0.3) is 5.91 Å². The van der Waals surface area contributed by atoms with Crippen LogP contribution >= 0.6 is 0 Å². The van der Waals surface area contributed by atoms with E-state index in [0.29, 0.717) is 31.0 Å². The largest absolute Gasteiger partial charge is 0.353 e. The Hall–Kier alpha value is -3.98. The van der Waals surface area contributed by atoms with Crippen molar-refractivity contribution in [1.82, 2.24) is 25.2 Å². The van der Waals surface area contributed by atoms with E-state index in [1.165, 1.54) is 0 Å². The number of nitrogens with zero attached hydrogens (tertiary/aromatic N) is 4. The van der Waals surface area contributed by atoms with E-state index in [9.17, 15) is 9.59 Å². The van der Waals surface area contributed by atoms with Crippen LogP contribution in [0.1, 0.15) is 28.8 Å². The molecule has 0 saturated carbocycles. The molecule has 3 aromatic rings. The maximum atomic E-state index is 12.4. The second-order valence-corrected chi connectivity index (χ2v) is 8.43. The number of anilines is 1. The van der Waals surface area contributed by atoms with E-state index in [0.717, 1.165) is 28.0 Å². The molecule has 0 aliphatic carbocycles. The van der Waals surface area contributed by atoms with Crippen LogP contribution in [-0.4, -0.2) is 45.2 Å². The van der Waals surface area contributed by atoms with E-state index >= 15 is 0 Å². The van der Waals surface area contributed by atoms with Crippen LogP contribution in [0.25, 0.3) is 17.3 Å². The van der Waals surface area contributed by atoms with Crippen LogP contribution in [0.3, 0.4) is 0 Å². The summed E-state index contributed by atoms with van der Waals surface area (Å²) in [6.45, 7) is 7.26. The maximum Gasteiger partial charge on any atom is 0.322 e. The van der Waals surface area contributed by atoms with E-state index in [2.05, 4.69) is 47.4 Å². The van der Waals surface area contributed by atoms with Crippen molar-refractivity contribution in [2.24, 2.45) is 5.73 Å². The minimum absolute atomic E-state index is 0.272. The Kier molecular flexibility index (Phi) is 4.98. The third kappa shape index (κ3) is 3.46. The molecule has 9 heteroatoms. The molecule has 1 spiro atoms. The monoisotopic (exact) mass is 443 g/mol. The number of urea groups is 1. The van der Waals surface area contributed by atoms with E-state index in [4.69, 9.17) is 10.7 Å². The van der Waals surface area contributed by atoms with Gasteiger partial charge in [-0.2, -0.15) is 5.10 Å². The summed E-state index contributed by atoms with van der Waals surface area (Å²) in [4.78, 5) is 31.0. The molecular formula is C24H25N7O2. The number of rotatable bonds is 5. The van der Waals surface area contributed by atoms with E-state index in [1.807, 2.05) is 23.1 Å². The summed E-state index contributed by atoms with van der Waals surface area (Å²) < 4.78 is 1.74. The lowest BCUT2D eigenvalue weighted by atomic mass is 10.00. The van der Waals surface area contributed by atoms with Gasteiger partial charge in [0, 0.05) is 24.7 Å². The summed E-state index contributed by atoms with van der Waals surface area (Å²) in [5.74, 6) is 0.394. The van der Waals surface area contributed by atoms with Crippen LogP contribution in [0.2, 0.25) is 0 Å². The molecule has 2 aliphatic rings.